The van der Waals surface area contributed by atoms with E-state index in [1.165, 1.54) is 0 Å². The predicted octanol–water partition coefficient (Wildman–Crippen LogP) is -3.70. The van der Waals surface area contributed by atoms with Gasteiger partial charge in [-0.25, -0.2) is 0 Å². The molecule has 0 aliphatic carbocycles. The van der Waals surface area contributed by atoms with E-state index >= 15 is 0 Å². The van der Waals surface area contributed by atoms with Crippen LogP contribution in [0.4, 0.5) is 0 Å². The Kier molecular flexibility index (Phi) is 13.6. The SMILES string of the molecule is CCCC(=O)N[C@H]1C(O)O[C@H](COC(=O)CCC(=O)OC[C@H]2OC(O)[C@H](NC(=O)CCC)[C@@H](O)[C@@H]2O)[C@@H](O)[C@@H]1O. The second kappa shape index (κ2) is 16.1. The van der Waals surface area contributed by atoms with Crippen LogP contribution in [0.3, 0.4) is 0 Å². The first-order valence-electron chi connectivity index (χ1n) is 13.2. The van der Waals surface area contributed by atoms with Crippen molar-refractivity contribution in [3.63, 3.8) is 0 Å². The zero-order chi connectivity index (χ0) is 30.0. The minimum Gasteiger partial charge on any atom is -0.463 e. The molecule has 16 heteroatoms. The first kappa shape index (κ1) is 33.8. The lowest BCUT2D eigenvalue weighted by Gasteiger charge is -2.40. The van der Waals surface area contributed by atoms with Gasteiger partial charge in [0.15, 0.2) is 12.6 Å². The van der Waals surface area contributed by atoms with Crippen molar-refractivity contribution in [1.29, 1.82) is 0 Å². The summed E-state index contributed by atoms with van der Waals surface area (Å²) in [6.07, 6.45) is -11.9. The molecule has 0 saturated carbocycles. The summed E-state index contributed by atoms with van der Waals surface area (Å²) in [4.78, 5) is 47.6. The number of esters is 2. The van der Waals surface area contributed by atoms with Gasteiger partial charge in [0.25, 0.3) is 0 Å². The Labute approximate surface area is 230 Å². The third-order valence-corrected chi connectivity index (χ3v) is 6.40. The Morgan fingerprint density at radius 1 is 0.600 bits per heavy atom. The van der Waals surface area contributed by atoms with Gasteiger partial charge in [-0.05, 0) is 12.8 Å². The van der Waals surface area contributed by atoms with Gasteiger partial charge in [-0.2, -0.15) is 0 Å². The van der Waals surface area contributed by atoms with Gasteiger partial charge in [0.1, 0.15) is 61.9 Å². The molecule has 0 bridgehead atoms. The maximum atomic E-state index is 12.0. The summed E-state index contributed by atoms with van der Waals surface area (Å²) >= 11 is 0. The number of aliphatic hydroxyl groups is 6. The average Bonchev–Trinajstić information content (AvgIpc) is 2.90. The topological polar surface area (TPSA) is 251 Å². The van der Waals surface area contributed by atoms with Gasteiger partial charge in [0.2, 0.25) is 11.8 Å². The molecular weight excluding hydrogens is 540 g/mol. The van der Waals surface area contributed by atoms with Crippen molar-refractivity contribution >= 4 is 23.8 Å². The molecule has 0 aromatic rings. The molecule has 2 aliphatic rings. The van der Waals surface area contributed by atoms with Gasteiger partial charge < -0.3 is 60.2 Å². The van der Waals surface area contributed by atoms with Crippen LogP contribution in [-0.2, 0) is 38.1 Å². The summed E-state index contributed by atoms with van der Waals surface area (Å²) in [6, 6.07) is -2.56. The van der Waals surface area contributed by atoms with Crippen molar-refractivity contribution in [3.8, 4) is 0 Å². The molecule has 230 valence electrons. The van der Waals surface area contributed by atoms with E-state index in [9.17, 15) is 49.8 Å². The molecule has 2 heterocycles. The summed E-state index contributed by atoms with van der Waals surface area (Å²) in [7, 11) is 0. The molecule has 2 fully saturated rings. The van der Waals surface area contributed by atoms with Crippen LogP contribution in [0.15, 0.2) is 0 Å². The molecule has 0 radical (unpaired) electrons. The van der Waals surface area contributed by atoms with Gasteiger partial charge in [-0.3, -0.25) is 19.2 Å². The third kappa shape index (κ3) is 9.59. The maximum absolute atomic E-state index is 12.0. The largest absolute Gasteiger partial charge is 0.463 e. The lowest BCUT2D eigenvalue weighted by Crippen LogP contribution is -2.64. The minimum absolute atomic E-state index is 0.146. The van der Waals surface area contributed by atoms with E-state index in [0.717, 1.165) is 0 Å². The highest BCUT2D eigenvalue weighted by Crippen LogP contribution is 2.22. The van der Waals surface area contributed by atoms with Crippen LogP contribution in [-0.4, -0.2) is 129 Å². The number of rotatable bonds is 13. The highest BCUT2D eigenvalue weighted by Gasteiger charge is 2.46. The Hall–Kier alpha value is -2.44. The van der Waals surface area contributed by atoms with Crippen molar-refractivity contribution in [2.24, 2.45) is 0 Å². The van der Waals surface area contributed by atoms with Gasteiger partial charge in [-0.1, -0.05) is 13.8 Å². The summed E-state index contributed by atoms with van der Waals surface area (Å²) in [6.45, 7) is 2.41. The zero-order valence-corrected chi connectivity index (χ0v) is 22.4. The highest BCUT2D eigenvalue weighted by atomic mass is 16.6. The fraction of sp³-hybridized carbons (Fsp3) is 0.833. The summed E-state index contributed by atoms with van der Waals surface area (Å²) in [5.74, 6) is -2.67. The van der Waals surface area contributed by atoms with E-state index in [0.29, 0.717) is 12.8 Å². The number of hydrogen-bond acceptors (Lipinski definition) is 14. The quantitative estimate of drug-likeness (QED) is 0.0977. The Morgan fingerprint density at radius 3 is 1.27 bits per heavy atom. The molecule has 2 unspecified atom stereocenters. The van der Waals surface area contributed by atoms with Crippen molar-refractivity contribution in [1.82, 2.24) is 10.6 Å². The fourth-order valence-corrected chi connectivity index (χ4v) is 4.15. The number of ether oxygens (including phenoxy) is 4. The monoisotopic (exact) mass is 580 g/mol. The average molecular weight is 581 g/mol. The molecule has 16 nitrogen and oxygen atoms in total. The molecule has 0 aromatic heterocycles. The standard InChI is InChI=1S/C24H40N2O14/c1-3-5-13(27)25-17-21(33)19(31)11(39-23(17)35)9-37-15(29)7-8-16(30)38-10-12-20(32)22(34)18(24(36)40-12)26-14(28)6-4-2/h11-12,17-24,31-36H,3-10H2,1-2H3,(H,25,27)(H,26,28)/t11-,12-,17-,18-,19-,20-,21-,22-,23?,24?/m1/s1. The van der Waals surface area contributed by atoms with Crippen LogP contribution in [0.5, 0.6) is 0 Å². The molecular formula is C24H40N2O14. The van der Waals surface area contributed by atoms with Gasteiger partial charge in [-0.15, -0.1) is 0 Å². The summed E-state index contributed by atoms with van der Waals surface area (Å²) < 4.78 is 20.2. The second-order valence-corrected chi connectivity index (χ2v) is 9.65. The lowest BCUT2D eigenvalue weighted by molar-refractivity contribution is -0.256. The van der Waals surface area contributed by atoms with Crippen LogP contribution >= 0.6 is 0 Å². The van der Waals surface area contributed by atoms with Gasteiger partial charge in [0, 0.05) is 12.8 Å². The van der Waals surface area contributed by atoms with E-state index in [1.807, 2.05) is 0 Å². The van der Waals surface area contributed by atoms with Crippen LogP contribution in [0, 0.1) is 0 Å². The normalized spacial score (nSPS) is 34.0. The smallest absolute Gasteiger partial charge is 0.306 e. The van der Waals surface area contributed by atoms with E-state index in [1.54, 1.807) is 13.8 Å². The molecule has 8 N–H and O–H groups in total. The molecule has 0 spiro atoms. The molecule has 10 atom stereocenters. The first-order valence-corrected chi connectivity index (χ1v) is 13.2. The molecule has 2 amide bonds. The number of carbonyl (C=O) groups is 4. The Bertz CT molecular complexity index is 791. The summed E-state index contributed by atoms with van der Waals surface area (Å²) in [5, 5.41) is 65.9. The number of aliphatic hydroxyl groups excluding tert-OH is 6. The molecule has 40 heavy (non-hydrogen) atoms. The zero-order valence-electron chi connectivity index (χ0n) is 22.4. The lowest BCUT2D eigenvalue weighted by atomic mass is 9.97. The van der Waals surface area contributed by atoms with Crippen LogP contribution in [0.1, 0.15) is 52.4 Å². The number of carbonyl (C=O) groups excluding carboxylic acids is 4. The van der Waals surface area contributed by atoms with Crippen molar-refractivity contribution in [2.75, 3.05) is 13.2 Å². The maximum Gasteiger partial charge on any atom is 0.306 e. The van der Waals surface area contributed by atoms with Gasteiger partial charge >= 0.3 is 11.9 Å². The van der Waals surface area contributed by atoms with E-state index in [4.69, 9.17) is 18.9 Å². The molecule has 2 rings (SSSR count). The fourth-order valence-electron chi connectivity index (χ4n) is 4.15. The molecule has 2 aliphatic heterocycles. The third-order valence-electron chi connectivity index (χ3n) is 6.40. The first-order chi connectivity index (χ1) is 18.9. The van der Waals surface area contributed by atoms with Crippen molar-refractivity contribution < 1.29 is 68.8 Å². The summed E-state index contributed by atoms with van der Waals surface area (Å²) in [5.41, 5.74) is 0. The number of amides is 2. The minimum atomic E-state index is -1.67. The second-order valence-electron chi connectivity index (χ2n) is 9.65. The highest BCUT2D eigenvalue weighted by molar-refractivity contribution is 5.78. The molecule has 0 aromatic carbocycles. The molecule has 2 saturated heterocycles. The Morgan fingerprint density at radius 2 is 0.950 bits per heavy atom. The van der Waals surface area contributed by atoms with E-state index in [-0.39, 0.29) is 12.8 Å². The predicted molar refractivity (Wildman–Crippen MR) is 131 cm³/mol. The van der Waals surface area contributed by atoms with E-state index < -0.39 is 111 Å². The number of nitrogens with one attached hydrogen (secondary N) is 2. The Balaban J connectivity index is 1.72. The van der Waals surface area contributed by atoms with E-state index in [2.05, 4.69) is 10.6 Å². The van der Waals surface area contributed by atoms with Crippen LogP contribution in [0.25, 0.3) is 0 Å². The number of hydrogen-bond donors (Lipinski definition) is 8. The van der Waals surface area contributed by atoms with Crippen molar-refractivity contribution in [2.45, 2.75) is 114 Å². The van der Waals surface area contributed by atoms with Crippen molar-refractivity contribution in [3.05, 3.63) is 0 Å². The van der Waals surface area contributed by atoms with Crippen LogP contribution < -0.4 is 10.6 Å². The van der Waals surface area contributed by atoms with Gasteiger partial charge in [0.05, 0.1) is 12.8 Å². The van der Waals surface area contributed by atoms with Crippen LogP contribution in [0.2, 0.25) is 0 Å².